The fourth-order valence-electron chi connectivity index (χ4n) is 3.43. The van der Waals surface area contributed by atoms with Gasteiger partial charge in [0.25, 0.3) is 0 Å². The van der Waals surface area contributed by atoms with E-state index in [-0.39, 0.29) is 0 Å². The van der Waals surface area contributed by atoms with Gasteiger partial charge in [-0.25, -0.2) is 0 Å². The van der Waals surface area contributed by atoms with Gasteiger partial charge in [-0.3, -0.25) is 0 Å². The monoisotopic (exact) mass is 256 g/mol. The molecule has 98 valence electrons. The van der Waals surface area contributed by atoms with Crippen LogP contribution in [0.25, 0.3) is 16.5 Å². The zero-order chi connectivity index (χ0) is 12.8. The van der Waals surface area contributed by atoms with E-state index in [9.17, 15) is 0 Å². The van der Waals surface area contributed by atoms with Crippen molar-refractivity contribution in [3.8, 4) is 5.75 Å². The lowest BCUT2D eigenvalue weighted by Crippen LogP contribution is -2.26. The van der Waals surface area contributed by atoms with Gasteiger partial charge in [0.05, 0.1) is 0 Å². The number of benzene rings is 1. The Morgan fingerprint density at radius 3 is 2.89 bits per heavy atom. The molecular formula is C15H16N2O2. The number of nitrogens with two attached hydrogens (primary N) is 1. The smallest absolute Gasteiger partial charge is 0.169 e. The molecule has 1 aromatic heterocycles. The molecule has 2 aromatic rings. The van der Waals surface area contributed by atoms with Crippen molar-refractivity contribution in [3.63, 3.8) is 0 Å². The summed E-state index contributed by atoms with van der Waals surface area (Å²) in [6.07, 6.45) is 8.54. The maximum Gasteiger partial charge on any atom is 0.169 e. The molecule has 3 aliphatic carbocycles. The van der Waals surface area contributed by atoms with E-state index < -0.39 is 0 Å². The molecular weight excluding hydrogens is 240 g/mol. The average Bonchev–Trinajstić information content (AvgIpc) is 2.81. The Kier molecular flexibility index (Phi) is 2.40. The molecule has 4 heteroatoms. The van der Waals surface area contributed by atoms with Crippen LogP contribution in [0.4, 0.5) is 0 Å². The predicted molar refractivity (Wildman–Crippen MR) is 73.0 cm³/mol. The molecule has 3 N–H and O–H groups in total. The lowest BCUT2D eigenvalue weighted by molar-refractivity contribution is -0.211. The van der Waals surface area contributed by atoms with E-state index in [0.717, 1.165) is 17.4 Å². The molecule has 0 saturated heterocycles. The number of allylic oxidation sites excluding steroid dienone is 2. The van der Waals surface area contributed by atoms with Gasteiger partial charge in [-0.2, -0.15) is 5.90 Å². The van der Waals surface area contributed by atoms with E-state index in [1.165, 1.54) is 35.8 Å². The third-order valence-corrected chi connectivity index (χ3v) is 4.36. The predicted octanol–water partition coefficient (Wildman–Crippen LogP) is 3.17. The van der Waals surface area contributed by atoms with Crippen LogP contribution in [0.15, 0.2) is 30.5 Å². The summed E-state index contributed by atoms with van der Waals surface area (Å²) >= 11 is 0. The molecule has 1 fully saturated rings. The van der Waals surface area contributed by atoms with Crippen molar-refractivity contribution in [2.24, 2.45) is 17.7 Å². The van der Waals surface area contributed by atoms with Crippen LogP contribution in [-0.2, 0) is 4.99 Å². The molecule has 0 atom stereocenters. The Labute approximate surface area is 111 Å². The number of hydrogen-bond acceptors (Lipinski definition) is 3. The van der Waals surface area contributed by atoms with Gasteiger partial charge >= 0.3 is 0 Å². The molecule has 0 radical (unpaired) electrons. The molecule has 1 aromatic carbocycles. The van der Waals surface area contributed by atoms with Crippen LogP contribution < -0.4 is 10.8 Å². The summed E-state index contributed by atoms with van der Waals surface area (Å²) in [6.45, 7) is 0. The SMILES string of the molecule is NOOc1ccc2c(C3=CC4CC(C3)C4)c[nH]c2c1. The van der Waals surface area contributed by atoms with Crippen molar-refractivity contribution in [1.82, 2.24) is 4.98 Å². The first-order valence-electron chi connectivity index (χ1n) is 6.69. The Bertz CT molecular complexity index is 653. The second kappa shape index (κ2) is 4.11. The van der Waals surface area contributed by atoms with E-state index in [1.807, 2.05) is 12.1 Å². The molecule has 19 heavy (non-hydrogen) atoms. The Balaban J connectivity index is 1.75. The minimum Gasteiger partial charge on any atom is -0.360 e. The first-order valence-corrected chi connectivity index (χ1v) is 6.69. The fourth-order valence-corrected chi connectivity index (χ4v) is 3.43. The molecule has 0 amide bonds. The summed E-state index contributed by atoms with van der Waals surface area (Å²) < 4.78 is 0. The Hall–Kier alpha value is -1.78. The number of aromatic nitrogens is 1. The van der Waals surface area contributed by atoms with Crippen LogP contribution in [-0.4, -0.2) is 4.98 Å². The van der Waals surface area contributed by atoms with Gasteiger partial charge in [-0.05, 0) is 48.8 Å². The van der Waals surface area contributed by atoms with E-state index in [4.69, 9.17) is 10.8 Å². The summed E-state index contributed by atoms with van der Waals surface area (Å²) in [5.74, 6) is 7.22. The quantitative estimate of drug-likeness (QED) is 0.655. The van der Waals surface area contributed by atoms with Crippen molar-refractivity contribution in [2.45, 2.75) is 19.3 Å². The van der Waals surface area contributed by atoms with Crippen LogP contribution in [0.5, 0.6) is 5.75 Å². The summed E-state index contributed by atoms with van der Waals surface area (Å²) in [7, 11) is 0. The van der Waals surface area contributed by atoms with Crippen LogP contribution in [0.2, 0.25) is 0 Å². The van der Waals surface area contributed by atoms with Crippen molar-refractivity contribution in [2.75, 3.05) is 0 Å². The van der Waals surface area contributed by atoms with Crippen molar-refractivity contribution < 1.29 is 9.88 Å². The van der Waals surface area contributed by atoms with Crippen LogP contribution >= 0.6 is 0 Å². The standard InChI is InChI=1S/C15H16N2O2/c16-19-18-12-1-2-13-14(8-17-15(13)7-12)11-5-9-3-10(4-9)6-11/h1-2,5,7-10,17H,3-4,6,16H2. The summed E-state index contributed by atoms with van der Waals surface area (Å²) in [5.41, 5.74) is 3.86. The Morgan fingerprint density at radius 2 is 2.16 bits per heavy atom. The molecule has 1 saturated carbocycles. The van der Waals surface area contributed by atoms with Gasteiger partial charge in [0.2, 0.25) is 0 Å². The highest BCUT2D eigenvalue weighted by atomic mass is 17.3. The number of hydrogen-bond donors (Lipinski definition) is 2. The molecule has 1 heterocycles. The van der Waals surface area contributed by atoms with Crippen LogP contribution in [0.3, 0.4) is 0 Å². The number of nitrogens with one attached hydrogen (secondary N) is 1. The zero-order valence-electron chi connectivity index (χ0n) is 10.6. The van der Waals surface area contributed by atoms with Crippen molar-refractivity contribution in [3.05, 3.63) is 36.0 Å². The summed E-state index contributed by atoms with van der Waals surface area (Å²) in [5, 5.41) is 1.23. The van der Waals surface area contributed by atoms with E-state index in [1.54, 1.807) is 0 Å². The molecule has 0 aliphatic heterocycles. The first-order chi connectivity index (χ1) is 9.33. The van der Waals surface area contributed by atoms with Crippen LogP contribution in [0, 0.1) is 11.8 Å². The fraction of sp³-hybridized carbons (Fsp3) is 0.333. The van der Waals surface area contributed by atoms with E-state index in [0.29, 0.717) is 5.75 Å². The molecule has 3 aliphatic rings. The highest BCUT2D eigenvalue weighted by molar-refractivity contribution is 5.93. The van der Waals surface area contributed by atoms with Gasteiger partial charge < -0.3 is 9.87 Å². The second-order valence-corrected chi connectivity index (χ2v) is 5.58. The summed E-state index contributed by atoms with van der Waals surface area (Å²) in [4.78, 5) is 12.3. The maximum atomic E-state index is 4.91. The van der Waals surface area contributed by atoms with E-state index >= 15 is 0 Å². The van der Waals surface area contributed by atoms with Gasteiger partial charge in [0.1, 0.15) is 0 Å². The van der Waals surface area contributed by atoms with Gasteiger partial charge in [-0.1, -0.05) is 11.1 Å². The minimum atomic E-state index is 0.601. The third-order valence-electron chi connectivity index (χ3n) is 4.36. The number of rotatable bonds is 3. The molecule has 5 rings (SSSR count). The zero-order valence-corrected chi connectivity index (χ0v) is 10.6. The lowest BCUT2D eigenvalue weighted by Gasteiger charge is -2.39. The van der Waals surface area contributed by atoms with Crippen molar-refractivity contribution in [1.29, 1.82) is 0 Å². The van der Waals surface area contributed by atoms with E-state index in [2.05, 4.69) is 28.3 Å². The maximum absolute atomic E-state index is 4.91. The number of H-pyrrole nitrogens is 1. The van der Waals surface area contributed by atoms with Crippen LogP contribution in [0.1, 0.15) is 24.8 Å². The van der Waals surface area contributed by atoms with Crippen molar-refractivity contribution >= 4 is 16.5 Å². The average molecular weight is 256 g/mol. The number of aromatic amines is 1. The lowest BCUT2D eigenvalue weighted by atomic mass is 9.66. The first kappa shape index (κ1) is 11.1. The second-order valence-electron chi connectivity index (χ2n) is 5.58. The van der Waals surface area contributed by atoms with Gasteiger partial charge in [0.15, 0.2) is 5.75 Å². The summed E-state index contributed by atoms with van der Waals surface area (Å²) in [6, 6.07) is 5.82. The molecule has 0 unspecified atom stereocenters. The molecule has 2 bridgehead atoms. The van der Waals surface area contributed by atoms with Gasteiger partial charge in [-0.15, -0.1) is 0 Å². The highest BCUT2D eigenvalue weighted by Gasteiger charge is 2.33. The topological polar surface area (TPSA) is 60.3 Å². The normalized spacial score (nSPS) is 25.0. The molecule has 0 spiro atoms. The molecule has 4 nitrogen and oxygen atoms in total. The third kappa shape index (κ3) is 1.76. The van der Waals surface area contributed by atoms with Gasteiger partial charge in [0, 0.05) is 28.7 Å². The number of fused-ring (bicyclic) bond motifs is 2. The minimum absolute atomic E-state index is 0.601. The largest absolute Gasteiger partial charge is 0.360 e. The highest BCUT2D eigenvalue weighted by Crippen LogP contribution is 2.48. The Morgan fingerprint density at radius 1 is 1.26 bits per heavy atom.